The monoisotopic (exact) mass is 343 g/mol. The Labute approximate surface area is 139 Å². The maximum Gasteiger partial charge on any atom is 0.253 e. The van der Waals surface area contributed by atoms with Gasteiger partial charge in [0.05, 0.1) is 10.5 Å². The quantitative estimate of drug-likeness (QED) is 0.657. The van der Waals surface area contributed by atoms with Crippen LogP contribution in [0.25, 0.3) is 10.9 Å². The second-order valence-electron chi connectivity index (χ2n) is 5.44. The van der Waals surface area contributed by atoms with E-state index in [-0.39, 0.29) is 10.8 Å². The molecule has 24 heavy (non-hydrogen) atoms. The molecule has 4 N–H and O–H groups in total. The molecule has 1 aromatic heterocycles. The van der Waals surface area contributed by atoms with E-state index in [0.717, 1.165) is 16.5 Å². The number of amides is 1. The van der Waals surface area contributed by atoms with Crippen molar-refractivity contribution in [2.75, 3.05) is 6.54 Å². The number of rotatable bonds is 5. The van der Waals surface area contributed by atoms with Crippen LogP contribution in [0.1, 0.15) is 15.9 Å². The van der Waals surface area contributed by atoms with E-state index in [1.54, 1.807) is 18.3 Å². The van der Waals surface area contributed by atoms with E-state index in [1.165, 1.54) is 12.1 Å². The smallest absolute Gasteiger partial charge is 0.253 e. The van der Waals surface area contributed by atoms with Gasteiger partial charge in [0, 0.05) is 23.6 Å². The molecule has 0 bridgehead atoms. The Morgan fingerprint density at radius 1 is 1.08 bits per heavy atom. The van der Waals surface area contributed by atoms with Crippen LogP contribution in [0.2, 0.25) is 0 Å². The molecule has 124 valence electrons. The lowest BCUT2D eigenvalue weighted by molar-refractivity contribution is 0.0956. The van der Waals surface area contributed by atoms with Gasteiger partial charge in [-0.25, -0.2) is 13.6 Å². The average molecular weight is 343 g/mol. The van der Waals surface area contributed by atoms with Crippen LogP contribution in [0.5, 0.6) is 0 Å². The van der Waals surface area contributed by atoms with Crippen LogP contribution in [0.15, 0.2) is 59.6 Å². The summed E-state index contributed by atoms with van der Waals surface area (Å²) in [6.07, 6.45) is 2.29. The Morgan fingerprint density at radius 2 is 1.79 bits per heavy atom. The molecule has 0 saturated heterocycles. The Balaban J connectivity index is 1.61. The zero-order valence-corrected chi connectivity index (χ0v) is 13.6. The van der Waals surface area contributed by atoms with Crippen molar-refractivity contribution in [1.82, 2.24) is 10.3 Å². The molecule has 0 spiro atoms. The zero-order valence-electron chi connectivity index (χ0n) is 12.8. The van der Waals surface area contributed by atoms with Crippen molar-refractivity contribution in [3.63, 3.8) is 0 Å². The number of nitrogens with two attached hydrogens (primary N) is 1. The lowest BCUT2D eigenvalue weighted by Crippen LogP contribution is -2.25. The molecule has 0 saturated carbocycles. The van der Waals surface area contributed by atoms with Crippen molar-refractivity contribution >= 4 is 26.8 Å². The van der Waals surface area contributed by atoms with Gasteiger partial charge in [-0.3, -0.25) is 4.79 Å². The molecule has 3 aromatic rings. The second kappa shape index (κ2) is 6.46. The molecule has 0 aliphatic heterocycles. The van der Waals surface area contributed by atoms with Crippen LogP contribution in [-0.4, -0.2) is 25.9 Å². The predicted molar refractivity (Wildman–Crippen MR) is 92.2 cm³/mol. The molecule has 2 aromatic carbocycles. The highest BCUT2D eigenvalue weighted by Gasteiger charge is 2.11. The lowest BCUT2D eigenvalue weighted by atomic mass is 10.1. The first-order chi connectivity index (χ1) is 11.4. The number of hydrogen-bond acceptors (Lipinski definition) is 3. The summed E-state index contributed by atoms with van der Waals surface area (Å²) in [5.74, 6) is -0.145. The van der Waals surface area contributed by atoms with Crippen molar-refractivity contribution in [3.05, 3.63) is 65.9 Å². The highest BCUT2D eigenvalue weighted by molar-refractivity contribution is 7.89. The van der Waals surface area contributed by atoms with Gasteiger partial charge in [-0.05, 0) is 30.2 Å². The van der Waals surface area contributed by atoms with E-state index in [9.17, 15) is 13.2 Å². The van der Waals surface area contributed by atoms with Crippen molar-refractivity contribution in [2.24, 2.45) is 5.14 Å². The van der Waals surface area contributed by atoms with Crippen molar-refractivity contribution in [3.8, 4) is 0 Å². The fraction of sp³-hybridized carbons (Fsp3) is 0.118. The Bertz CT molecular complexity index is 976. The topological polar surface area (TPSA) is 105 Å². The number of carbonyl (C=O) groups excluding carboxylic acids is 1. The van der Waals surface area contributed by atoms with Gasteiger partial charge >= 0.3 is 0 Å². The van der Waals surface area contributed by atoms with E-state index < -0.39 is 10.0 Å². The van der Waals surface area contributed by atoms with Crippen LogP contribution in [-0.2, 0) is 16.4 Å². The van der Waals surface area contributed by atoms with Gasteiger partial charge in [0.1, 0.15) is 0 Å². The molecule has 0 atom stereocenters. The summed E-state index contributed by atoms with van der Waals surface area (Å²) in [4.78, 5) is 15.4. The first-order valence-corrected chi connectivity index (χ1v) is 8.96. The molecule has 0 fully saturated rings. The number of hydrogen-bond donors (Lipinski definition) is 3. The molecule has 0 aliphatic rings. The zero-order chi connectivity index (χ0) is 17.2. The number of sulfonamides is 1. The first-order valence-electron chi connectivity index (χ1n) is 7.41. The second-order valence-corrected chi connectivity index (χ2v) is 7.00. The summed E-state index contributed by atoms with van der Waals surface area (Å²) >= 11 is 0. The van der Waals surface area contributed by atoms with Crippen molar-refractivity contribution in [2.45, 2.75) is 11.3 Å². The van der Waals surface area contributed by atoms with Crippen LogP contribution in [0.3, 0.4) is 0 Å². The van der Waals surface area contributed by atoms with Gasteiger partial charge in [-0.15, -0.1) is 0 Å². The van der Waals surface area contributed by atoms with Gasteiger partial charge in [0.15, 0.2) is 0 Å². The molecular weight excluding hydrogens is 326 g/mol. The molecule has 0 radical (unpaired) electrons. The number of H-pyrrole nitrogens is 1. The Hall–Kier alpha value is -2.64. The molecule has 0 aliphatic carbocycles. The third-order valence-electron chi connectivity index (χ3n) is 3.78. The standard InChI is InChI=1S/C17H17N3O3S/c18-24(22,23)13-7-5-12(6-8-13)9-10-19-17(21)15-11-20-16-4-2-1-3-14(15)16/h1-8,11,20H,9-10H2,(H,19,21)(H2,18,22,23). The predicted octanol–water partition coefficient (Wildman–Crippen LogP) is 1.79. The van der Waals surface area contributed by atoms with E-state index in [2.05, 4.69) is 10.3 Å². The number of benzene rings is 2. The number of aromatic nitrogens is 1. The minimum absolute atomic E-state index is 0.0779. The number of primary sulfonamides is 1. The third-order valence-corrected chi connectivity index (χ3v) is 4.71. The molecule has 0 unspecified atom stereocenters. The summed E-state index contributed by atoms with van der Waals surface area (Å²) in [6.45, 7) is 0.451. The third kappa shape index (κ3) is 3.47. The minimum Gasteiger partial charge on any atom is -0.360 e. The number of nitrogens with one attached hydrogen (secondary N) is 2. The van der Waals surface area contributed by atoms with E-state index in [1.807, 2.05) is 24.3 Å². The molecular formula is C17H17N3O3S. The lowest BCUT2D eigenvalue weighted by Gasteiger charge is -2.05. The van der Waals surface area contributed by atoms with Crippen LogP contribution >= 0.6 is 0 Å². The largest absolute Gasteiger partial charge is 0.360 e. The summed E-state index contributed by atoms with van der Waals surface area (Å²) < 4.78 is 22.4. The van der Waals surface area contributed by atoms with Crippen LogP contribution in [0, 0.1) is 0 Å². The fourth-order valence-electron chi connectivity index (χ4n) is 2.52. The van der Waals surface area contributed by atoms with Crippen LogP contribution < -0.4 is 10.5 Å². The van der Waals surface area contributed by atoms with Gasteiger partial charge in [0.25, 0.3) is 5.91 Å². The summed E-state index contributed by atoms with van der Waals surface area (Å²) in [5.41, 5.74) is 2.44. The normalized spacial score (nSPS) is 11.5. The summed E-state index contributed by atoms with van der Waals surface area (Å²) in [6, 6.07) is 13.9. The highest BCUT2D eigenvalue weighted by Crippen LogP contribution is 2.17. The van der Waals surface area contributed by atoms with Gasteiger partial charge in [-0.1, -0.05) is 30.3 Å². The number of aromatic amines is 1. The van der Waals surface area contributed by atoms with Crippen molar-refractivity contribution in [1.29, 1.82) is 0 Å². The van der Waals surface area contributed by atoms with Gasteiger partial charge < -0.3 is 10.3 Å². The fourth-order valence-corrected chi connectivity index (χ4v) is 3.04. The van der Waals surface area contributed by atoms with Gasteiger partial charge in [0.2, 0.25) is 10.0 Å². The highest BCUT2D eigenvalue weighted by atomic mass is 32.2. The SMILES string of the molecule is NS(=O)(=O)c1ccc(CCNC(=O)c2c[nH]c3ccccc23)cc1. The molecule has 1 heterocycles. The molecule has 6 nitrogen and oxygen atoms in total. The van der Waals surface area contributed by atoms with Crippen LogP contribution in [0.4, 0.5) is 0 Å². The van der Waals surface area contributed by atoms with E-state index in [0.29, 0.717) is 18.5 Å². The Kier molecular flexibility index (Phi) is 4.37. The number of carbonyl (C=O) groups is 1. The van der Waals surface area contributed by atoms with Crippen molar-refractivity contribution < 1.29 is 13.2 Å². The maximum atomic E-state index is 12.3. The molecule has 7 heteroatoms. The molecule has 1 amide bonds. The maximum absolute atomic E-state index is 12.3. The van der Waals surface area contributed by atoms with Gasteiger partial charge in [-0.2, -0.15) is 0 Å². The van der Waals surface area contributed by atoms with E-state index in [4.69, 9.17) is 5.14 Å². The number of para-hydroxylation sites is 1. The summed E-state index contributed by atoms with van der Waals surface area (Å²) in [7, 11) is -3.68. The minimum atomic E-state index is -3.68. The number of fused-ring (bicyclic) bond motifs is 1. The average Bonchev–Trinajstić information content (AvgIpc) is 2.98. The summed E-state index contributed by atoms with van der Waals surface area (Å²) in [5, 5.41) is 8.81. The van der Waals surface area contributed by atoms with E-state index >= 15 is 0 Å². The Morgan fingerprint density at radius 3 is 2.50 bits per heavy atom. The first kappa shape index (κ1) is 16.2. The molecule has 3 rings (SSSR count).